The second-order valence-corrected chi connectivity index (χ2v) is 2.44. The Labute approximate surface area is 67.9 Å². The molecular weight excluding hydrogens is 142 g/mol. The summed E-state index contributed by atoms with van der Waals surface area (Å²) in [5.41, 5.74) is 5.29. The Morgan fingerprint density at radius 3 is 2.45 bits per heavy atom. The van der Waals surface area contributed by atoms with Gasteiger partial charge in [-0.15, -0.1) is 0 Å². The van der Waals surface area contributed by atoms with Crippen LogP contribution in [-0.2, 0) is 9.53 Å². The Morgan fingerprint density at radius 2 is 1.91 bits per heavy atom. The van der Waals surface area contributed by atoms with Crippen molar-refractivity contribution in [2.75, 3.05) is 6.54 Å². The molecule has 0 rings (SSSR count). The molecule has 0 aliphatic rings. The van der Waals surface area contributed by atoms with Crippen molar-refractivity contribution >= 4 is 5.97 Å². The lowest BCUT2D eigenvalue weighted by Gasteiger charge is -1.97. The van der Waals surface area contributed by atoms with Crippen molar-refractivity contribution in [1.82, 2.24) is 0 Å². The summed E-state index contributed by atoms with van der Waals surface area (Å²) in [6, 6.07) is 0. The van der Waals surface area contributed by atoms with Crippen molar-refractivity contribution in [3.8, 4) is 0 Å². The minimum atomic E-state index is -0.335. The molecule has 0 aliphatic carbocycles. The third-order valence-corrected chi connectivity index (χ3v) is 1.47. The van der Waals surface area contributed by atoms with Gasteiger partial charge in [-0.2, -0.15) is 0 Å². The average Bonchev–Trinajstić information content (AvgIpc) is 2.04. The summed E-state index contributed by atoms with van der Waals surface area (Å²) < 4.78 is 3.99. The standard InChI is InChI=1S/C8H15NO2/c1-11-8(10)6-4-2-3-5-7-9/h1H,2-7,9H2. The van der Waals surface area contributed by atoms with E-state index in [0.717, 1.165) is 32.2 Å². The summed E-state index contributed by atoms with van der Waals surface area (Å²) >= 11 is 0. The van der Waals surface area contributed by atoms with E-state index in [4.69, 9.17) is 5.73 Å². The first kappa shape index (κ1) is 10.4. The van der Waals surface area contributed by atoms with Crippen LogP contribution in [-0.4, -0.2) is 12.5 Å². The molecule has 3 nitrogen and oxygen atoms in total. The number of carbonyl (C=O) groups excluding carboxylic acids is 1. The highest BCUT2D eigenvalue weighted by molar-refractivity contribution is 5.69. The largest absolute Gasteiger partial charge is 0.454 e. The van der Waals surface area contributed by atoms with E-state index < -0.39 is 0 Å². The van der Waals surface area contributed by atoms with Crippen molar-refractivity contribution in [1.29, 1.82) is 0 Å². The van der Waals surface area contributed by atoms with E-state index in [0.29, 0.717) is 6.42 Å². The second-order valence-electron chi connectivity index (χ2n) is 2.44. The van der Waals surface area contributed by atoms with E-state index in [1.165, 1.54) is 0 Å². The Morgan fingerprint density at radius 1 is 1.27 bits per heavy atom. The normalized spacial score (nSPS) is 9.64. The van der Waals surface area contributed by atoms with Gasteiger partial charge >= 0.3 is 5.97 Å². The third kappa shape index (κ3) is 7.33. The number of esters is 1. The van der Waals surface area contributed by atoms with Gasteiger partial charge in [0.2, 0.25) is 0 Å². The third-order valence-electron chi connectivity index (χ3n) is 1.47. The zero-order chi connectivity index (χ0) is 8.53. The van der Waals surface area contributed by atoms with Crippen molar-refractivity contribution < 1.29 is 9.53 Å². The van der Waals surface area contributed by atoms with Gasteiger partial charge in [0.05, 0.1) is 0 Å². The minimum Gasteiger partial charge on any atom is -0.454 e. The highest BCUT2D eigenvalue weighted by Crippen LogP contribution is 2.02. The molecule has 64 valence electrons. The molecule has 0 aromatic carbocycles. The zero-order valence-electron chi connectivity index (χ0n) is 6.71. The van der Waals surface area contributed by atoms with Gasteiger partial charge in [0.25, 0.3) is 0 Å². The molecule has 2 radical (unpaired) electrons. The van der Waals surface area contributed by atoms with Crippen LogP contribution in [0.25, 0.3) is 0 Å². The van der Waals surface area contributed by atoms with E-state index >= 15 is 0 Å². The molecule has 2 N–H and O–H groups in total. The lowest BCUT2D eigenvalue weighted by Crippen LogP contribution is -2.00. The lowest BCUT2D eigenvalue weighted by molar-refractivity contribution is -0.138. The minimum absolute atomic E-state index is 0.335. The summed E-state index contributed by atoms with van der Waals surface area (Å²) in [6.07, 6.45) is 4.38. The fraction of sp³-hybridized carbons (Fsp3) is 0.750. The van der Waals surface area contributed by atoms with E-state index in [9.17, 15) is 4.79 Å². The number of hydrogen-bond acceptors (Lipinski definition) is 3. The summed E-state index contributed by atoms with van der Waals surface area (Å²) in [7, 11) is 4.64. The molecule has 0 atom stereocenters. The topological polar surface area (TPSA) is 52.3 Å². The Bertz CT molecular complexity index is 104. The van der Waals surface area contributed by atoms with Crippen LogP contribution in [0.3, 0.4) is 0 Å². The van der Waals surface area contributed by atoms with Crippen LogP contribution in [0.5, 0.6) is 0 Å². The maximum atomic E-state index is 10.5. The summed E-state index contributed by atoms with van der Waals surface area (Å²) in [5, 5.41) is 0. The number of nitrogens with two attached hydrogens (primary N) is 1. The molecule has 0 aliphatic heterocycles. The Balaban J connectivity index is 2.95. The van der Waals surface area contributed by atoms with E-state index in [1.807, 2.05) is 0 Å². The number of carbonyl (C=O) groups is 1. The first-order valence-electron chi connectivity index (χ1n) is 3.91. The molecule has 11 heavy (non-hydrogen) atoms. The highest BCUT2D eigenvalue weighted by Gasteiger charge is 1.98. The monoisotopic (exact) mass is 157 g/mol. The maximum Gasteiger partial charge on any atom is 0.306 e. The maximum absolute atomic E-state index is 10.5. The van der Waals surface area contributed by atoms with Gasteiger partial charge < -0.3 is 10.5 Å². The van der Waals surface area contributed by atoms with Crippen LogP contribution < -0.4 is 5.73 Å². The molecule has 0 unspecified atom stereocenters. The molecule has 3 heteroatoms. The molecule has 0 bridgehead atoms. The first-order valence-corrected chi connectivity index (χ1v) is 3.91. The summed E-state index contributed by atoms with van der Waals surface area (Å²) in [6.45, 7) is 0.724. The quantitative estimate of drug-likeness (QED) is 0.464. The van der Waals surface area contributed by atoms with Crippen molar-refractivity contribution in [2.24, 2.45) is 5.73 Å². The number of ether oxygens (including phenoxy) is 1. The SMILES string of the molecule is [CH]OC(=O)CCCCCCN. The molecule has 0 aromatic heterocycles. The smallest absolute Gasteiger partial charge is 0.306 e. The molecule has 0 aromatic rings. The molecule has 0 spiro atoms. The van der Waals surface area contributed by atoms with Crippen LogP contribution in [0.4, 0.5) is 0 Å². The van der Waals surface area contributed by atoms with Crippen molar-refractivity contribution in [3.63, 3.8) is 0 Å². The van der Waals surface area contributed by atoms with E-state index in [-0.39, 0.29) is 5.97 Å². The van der Waals surface area contributed by atoms with Gasteiger partial charge in [-0.05, 0) is 19.4 Å². The van der Waals surface area contributed by atoms with Gasteiger partial charge in [0.15, 0.2) is 7.11 Å². The Hall–Kier alpha value is -0.570. The number of rotatable bonds is 6. The van der Waals surface area contributed by atoms with Gasteiger partial charge in [-0.25, -0.2) is 0 Å². The van der Waals surface area contributed by atoms with Crippen LogP contribution >= 0.6 is 0 Å². The number of hydrogen-bond donors (Lipinski definition) is 1. The van der Waals surface area contributed by atoms with Gasteiger partial charge in [-0.1, -0.05) is 12.8 Å². The molecule has 0 saturated heterocycles. The van der Waals surface area contributed by atoms with Gasteiger partial charge in [0, 0.05) is 6.42 Å². The summed E-state index contributed by atoms with van der Waals surface area (Å²) in [4.78, 5) is 10.5. The predicted octanol–water partition coefficient (Wildman–Crippen LogP) is 1.11. The van der Waals surface area contributed by atoms with Gasteiger partial charge in [0.1, 0.15) is 0 Å². The van der Waals surface area contributed by atoms with Crippen molar-refractivity contribution in [3.05, 3.63) is 7.11 Å². The first-order chi connectivity index (χ1) is 5.31. The zero-order valence-corrected chi connectivity index (χ0v) is 6.71. The van der Waals surface area contributed by atoms with Crippen molar-refractivity contribution in [2.45, 2.75) is 32.1 Å². The molecule has 0 fully saturated rings. The summed E-state index contributed by atoms with van der Waals surface area (Å²) in [5.74, 6) is -0.335. The lowest BCUT2D eigenvalue weighted by atomic mass is 10.1. The second kappa shape index (κ2) is 7.54. The van der Waals surface area contributed by atoms with Crippen LogP contribution in [0, 0.1) is 7.11 Å². The number of unbranched alkanes of at least 4 members (excludes halogenated alkanes) is 3. The van der Waals surface area contributed by atoms with E-state index in [1.54, 1.807) is 0 Å². The van der Waals surface area contributed by atoms with E-state index in [2.05, 4.69) is 11.8 Å². The predicted molar refractivity (Wildman–Crippen MR) is 42.5 cm³/mol. The van der Waals surface area contributed by atoms with Crippen LogP contribution in [0.2, 0.25) is 0 Å². The molecular formula is C8H15NO2. The highest BCUT2D eigenvalue weighted by atomic mass is 16.5. The molecule has 0 amide bonds. The van der Waals surface area contributed by atoms with Crippen LogP contribution in [0.1, 0.15) is 32.1 Å². The fourth-order valence-corrected chi connectivity index (χ4v) is 0.826. The van der Waals surface area contributed by atoms with Gasteiger partial charge in [-0.3, -0.25) is 4.79 Å². The Kier molecular flexibility index (Phi) is 7.15. The fourth-order valence-electron chi connectivity index (χ4n) is 0.826. The van der Waals surface area contributed by atoms with Crippen LogP contribution in [0.15, 0.2) is 0 Å². The average molecular weight is 157 g/mol. The molecule has 0 heterocycles. The molecule has 0 saturated carbocycles.